The molecule has 2 aliphatic rings. The highest BCUT2D eigenvalue weighted by Gasteiger charge is 2.56. The molecule has 3 unspecified atom stereocenters. The minimum Gasteiger partial charge on any atom is -0.308 e. The Morgan fingerprint density at radius 1 is 1.50 bits per heavy atom. The van der Waals surface area contributed by atoms with E-state index in [0.717, 1.165) is 29.4 Å². The van der Waals surface area contributed by atoms with Gasteiger partial charge >= 0.3 is 0 Å². The number of likely N-dealkylation sites (N-methyl/N-ethyl adjacent to an activating group) is 1. The number of halogens is 1. The molecule has 3 N–H and O–H groups in total. The zero-order valence-electron chi connectivity index (χ0n) is 12.2. The molecule has 0 amide bonds. The van der Waals surface area contributed by atoms with Crippen LogP contribution in [-0.2, 0) is 6.54 Å². The predicted molar refractivity (Wildman–Crippen MR) is 82.9 cm³/mol. The predicted octanol–water partition coefficient (Wildman–Crippen LogP) is 1.76. The largest absolute Gasteiger partial charge is 0.308 e. The van der Waals surface area contributed by atoms with Crippen LogP contribution in [0.1, 0.15) is 31.0 Å². The minimum atomic E-state index is 0.226. The van der Waals surface area contributed by atoms with E-state index in [-0.39, 0.29) is 6.04 Å². The maximum absolute atomic E-state index is 5.88. The van der Waals surface area contributed by atoms with Gasteiger partial charge in [0.1, 0.15) is 0 Å². The third-order valence-electron chi connectivity index (χ3n) is 4.92. The molecule has 2 aliphatic carbocycles. The summed E-state index contributed by atoms with van der Waals surface area (Å²) in [4.78, 5) is 2.18. The molecule has 3 rings (SSSR count). The van der Waals surface area contributed by atoms with Crippen molar-refractivity contribution in [3.05, 3.63) is 16.4 Å². The SMILES string of the molecule is CN(C)CCn1ncc(Br)c1C(NN)C1C2CCCC21. The second-order valence-corrected chi connectivity index (χ2v) is 7.24. The maximum Gasteiger partial charge on any atom is 0.0712 e. The molecule has 1 aromatic rings. The number of hydrogen-bond donors (Lipinski definition) is 2. The molecular formula is C14H24BrN5. The van der Waals surface area contributed by atoms with Crippen molar-refractivity contribution >= 4 is 15.9 Å². The molecule has 0 bridgehead atoms. The second-order valence-electron chi connectivity index (χ2n) is 6.38. The fourth-order valence-electron chi connectivity index (χ4n) is 3.90. The van der Waals surface area contributed by atoms with E-state index < -0.39 is 0 Å². The maximum atomic E-state index is 5.88. The van der Waals surface area contributed by atoms with Crippen molar-refractivity contribution < 1.29 is 0 Å². The number of nitrogens with two attached hydrogens (primary N) is 1. The molecule has 0 aromatic carbocycles. The van der Waals surface area contributed by atoms with Gasteiger partial charge < -0.3 is 4.90 Å². The van der Waals surface area contributed by atoms with Crippen LogP contribution in [0.25, 0.3) is 0 Å². The standard InChI is InChI=1S/C14H24BrN5/c1-19(2)6-7-20-14(11(15)8-17-20)13(18-16)12-9-4-3-5-10(9)12/h8-10,12-13,18H,3-7,16H2,1-2H3. The molecule has 0 radical (unpaired) electrons. The minimum absolute atomic E-state index is 0.226. The summed E-state index contributed by atoms with van der Waals surface area (Å²) in [6.45, 7) is 1.88. The van der Waals surface area contributed by atoms with Crippen LogP contribution in [0.5, 0.6) is 0 Å². The lowest BCUT2D eigenvalue weighted by Crippen LogP contribution is -2.33. The van der Waals surface area contributed by atoms with Crippen LogP contribution in [0.2, 0.25) is 0 Å². The summed E-state index contributed by atoms with van der Waals surface area (Å²) in [5.74, 6) is 8.32. The molecule has 1 aromatic heterocycles. The number of rotatable bonds is 6. The van der Waals surface area contributed by atoms with E-state index in [1.165, 1.54) is 25.0 Å². The first-order valence-electron chi connectivity index (χ1n) is 7.45. The molecule has 1 heterocycles. The molecule has 5 nitrogen and oxygen atoms in total. The summed E-state index contributed by atoms with van der Waals surface area (Å²) in [5, 5.41) is 4.51. The van der Waals surface area contributed by atoms with Gasteiger partial charge in [-0.05, 0) is 60.6 Å². The van der Waals surface area contributed by atoms with Crippen LogP contribution in [0.4, 0.5) is 0 Å². The van der Waals surface area contributed by atoms with Crippen LogP contribution in [0, 0.1) is 17.8 Å². The van der Waals surface area contributed by atoms with E-state index in [4.69, 9.17) is 5.84 Å². The van der Waals surface area contributed by atoms with Crippen molar-refractivity contribution in [2.45, 2.75) is 31.8 Å². The third-order valence-corrected chi connectivity index (χ3v) is 5.54. The molecule has 2 saturated carbocycles. The molecule has 0 spiro atoms. The Kier molecular flexibility index (Phi) is 4.17. The first-order valence-corrected chi connectivity index (χ1v) is 8.25. The average Bonchev–Trinajstić information content (AvgIpc) is 2.77. The number of hydrogen-bond acceptors (Lipinski definition) is 4. The van der Waals surface area contributed by atoms with Gasteiger partial charge in [-0.25, -0.2) is 0 Å². The molecule has 2 fully saturated rings. The van der Waals surface area contributed by atoms with E-state index >= 15 is 0 Å². The fraction of sp³-hybridized carbons (Fsp3) is 0.786. The highest BCUT2D eigenvalue weighted by Crippen LogP contribution is 2.62. The van der Waals surface area contributed by atoms with Crippen molar-refractivity contribution in [2.75, 3.05) is 20.6 Å². The topological polar surface area (TPSA) is 59.1 Å². The number of hydrazine groups is 1. The van der Waals surface area contributed by atoms with Gasteiger partial charge in [0.25, 0.3) is 0 Å². The van der Waals surface area contributed by atoms with Gasteiger partial charge in [0.15, 0.2) is 0 Å². The van der Waals surface area contributed by atoms with E-state index in [1.54, 1.807) is 0 Å². The van der Waals surface area contributed by atoms with E-state index in [2.05, 4.69) is 50.1 Å². The number of aromatic nitrogens is 2. The lowest BCUT2D eigenvalue weighted by atomic mass is 10.0. The van der Waals surface area contributed by atoms with Gasteiger partial charge in [-0.2, -0.15) is 5.10 Å². The lowest BCUT2D eigenvalue weighted by molar-refractivity contribution is 0.348. The summed E-state index contributed by atoms with van der Waals surface area (Å²) in [5.41, 5.74) is 4.28. The highest BCUT2D eigenvalue weighted by atomic mass is 79.9. The average molecular weight is 342 g/mol. The molecule has 6 heteroatoms. The van der Waals surface area contributed by atoms with Gasteiger partial charge in [0.05, 0.1) is 29.0 Å². The summed E-state index contributed by atoms with van der Waals surface area (Å²) in [6.07, 6.45) is 6.03. The molecule has 0 aliphatic heterocycles. The Bertz CT molecular complexity index is 462. The molecule has 112 valence electrons. The number of nitrogens with one attached hydrogen (secondary N) is 1. The first-order chi connectivity index (χ1) is 9.63. The molecule has 3 atom stereocenters. The van der Waals surface area contributed by atoms with E-state index in [9.17, 15) is 0 Å². The number of nitrogens with zero attached hydrogens (tertiary/aromatic N) is 3. The zero-order chi connectivity index (χ0) is 14.3. The molecule has 0 saturated heterocycles. The van der Waals surface area contributed by atoms with Crippen molar-refractivity contribution in [3.8, 4) is 0 Å². The summed E-state index contributed by atoms with van der Waals surface area (Å²) < 4.78 is 3.17. The quantitative estimate of drug-likeness (QED) is 0.611. The van der Waals surface area contributed by atoms with Crippen molar-refractivity contribution in [3.63, 3.8) is 0 Å². The third kappa shape index (κ3) is 2.54. The molecular weight excluding hydrogens is 318 g/mol. The van der Waals surface area contributed by atoms with Gasteiger partial charge in [-0.1, -0.05) is 6.42 Å². The van der Waals surface area contributed by atoms with Crippen LogP contribution in [-0.4, -0.2) is 35.3 Å². The highest BCUT2D eigenvalue weighted by molar-refractivity contribution is 9.10. The van der Waals surface area contributed by atoms with Crippen LogP contribution >= 0.6 is 15.9 Å². The summed E-state index contributed by atoms with van der Waals surface area (Å²) in [6, 6.07) is 0.226. The monoisotopic (exact) mass is 341 g/mol. The van der Waals surface area contributed by atoms with Gasteiger partial charge in [-0.3, -0.25) is 16.0 Å². The fourth-order valence-corrected chi connectivity index (χ4v) is 4.44. The molecule has 20 heavy (non-hydrogen) atoms. The van der Waals surface area contributed by atoms with Gasteiger partial charge in [-0.15, -0.1) is 0 Å². The Labute approximate surface area is 129 Å². The van der Waals surface area contributed by atoms with Crippen molar-refractivity contribution in [2.24, 2.45) is 23.6 Å². The first kappa shape index (κ1) is 14.5. The van der Waals surface area contributed by atoms with Crippen molar-refractivity contribution in [1.82, 2.24) is 20.1 Å². The van der Waals surface area contributed by atoms with Crippen LogP contribution in [0.15, 0.2) is 10.7 Å². The van der Waals surface area contributed by atoms with Crippen LogP contribution in [0.3, 0.4) is 0 Å². The summed E-state index contributed by atoms with van der Waals surface area (Å²) >= 11 is 3.65. The smallest absolute Gasteiger partial charge is 0.0712 e. The number of fused-ring (bicyclic) bond motifs is 1. The second kappa shape index (κ2) is 5.75. The van der Waals surface area contributed by atoms with Gasteiger partial charge in [0.2, 0.25) is 0 Å². The zero-order valence-corrected chi connectivity index (χ0v) is 13.8. The summed E-state index contributed by atoms with van der Waals surface area (Å²) in [7, 11) is 4.17. The van der Waals surface area contributed by atoms with E-state index in [1.807, 2.05) is 6.20 Å². The Hall–Kier alpha value is -0.430. The van der Waals surface area contributed by atoms with Crippen LogP contribution < -0.4 is 11.3 Å². The Balaban J connectivity index is 1.78. The Morgan fingerprint density at radius 3 is 2.80 bits per heavy atom. The van der Waals surface area contributed by atoms with Gasteiger partial charge in [0, 0.05) is 6.54 Å². The van der Waals surface area contributed by atoms with Crippen molar-refractivity contribution in [1.29, 1.82) is 0 Å². The van der Waals surface area contributed by atoms with E-state index in [0.29, 0.717) is 5.92 Å². The normalized spacial score (nSPS) is 29.8. The lowest BCUT2D eigenvalue weighted by Gasteiger charge is -2.21. The Morgan fingerprint density at radius 2 is 2.20 bits per heavy atom.